The Balaban J connectivity index is 2.95. The van der Waals surface area contributed by atoms with E-state index in [4.69, 9.17) is 18.0 Å². The molecule has 1 rings (SSSR count). The molecule has 1 unspecified atom stereocenters. The van der Waals surface area contributed by atoms with E-state index in [9.17, 15) is 8.42 Å². The van der Waals surface area contributed by atoms with Crippen LogP contribution >= 0.6 is 23.6 Å². The fraction of sp³-hybridized carbons (Fsp3) is 0.545. The van der Waals surface area contributed by atoms with Gasteiger partial charge in [-0.15, -0.1) is 11.3 Å². The lowest BCUT2D eigenvalue weighted by atomic mass is 10.0. The first-order valence-electron chi connectivity index (χ1n) is 5.70. The third-order valence-corrected chi connectivity index (χ3v) is 6.09. The van der Waals surface area contributed by atoms with Crippen molar-refractivity contribution in [3.05, 3.63) is 17.0 Å². The molecule has 0 radical (unpaired) electrons. The average molecular weight is 306 g/mol. The molecule has 1 atom stereocenters. The number of rotatable bonds is 6. The molecule has 0 fully saturated rings. The summed E-state index contributed by atoms with van der Waals surface area (Å²) in [6.45, 7) is 5.94. The standard InChI is InChI=1S/C11H18N2O2S3/c1-4-8(7(2)3)13-18(14,15)10-6-5-9(17-10)11(12)16/h5-8,13H,4H2,1-3H3,(H2,12,16). The summed E-state index contributed by atoms with van der Waals surface area (Å²) in [5, 5.41) is 0. The molecule has 0 saturated heterocycles. The van der Waals surface area contributed by atoms with Gasteiger partial charge in [-0.2, -0.15) is 0 Å². The third-order valence-electron chi connectivity index (χ3n) is 2.64. The Morgan fingerprint density at radius 2 is 2.11 bits per heavy atom. The van der Waals surface area contributed by atoms with Gasteiger partial charge >= 0.3 is 0 Å². The van der Waals surface area contributed by atoms with Gasteiger partial charge in [0.15, 0.2) is 0 Å². The number of hydrogen-bond acceptors (Lipinski definition) is 4. The topological polar surface area (TPSA) is 72.2 Å². The Morgan fingerprint density at radius 3 is 2.50 bits per heavy atom. The van der Waals surface area contributed by atoms with Crippen molar-refractivity contribution in [2.75, 3.05) is 0 Å². The van der Waals surface area contributed by atoms with Crippen LogP contribution in [0.3, 0.4) is 0 Å². The molecule has 0 spiro atoms. The molecule has 0 aromatic carbocycles. The first kappa shape index (κ1) is 15.6. The zero-order valence-electron chi connectivity index (χ0n) is 10.6. The highest BCUT2D eigenvalue weighted by molar-refractivity contribution is 7.91. The van der Waals surface area contributed by atoms with Crippen LogP contribution in [0.25, 0.3) is 0 Å². The minimum absolute atomic E-state index is 0.0645. The fourth-order valence-corrected chi connectivity index (χ4v) is 4.38. The van der Waals surface area contributed by atoms with E-state index < -0.39 is 10.0 Å². The van der Waals surface area contributed by atoms with E-state index in [2.05, 4.69) is 4.72 Å². The average Bonchev–Trinajstić information content (AvgIpc) is 2.75. The van der Waals surface area contributed by atoms with E-state index >= 15 is 0 Å². The molecule has 1 heterocycles. The van der Waals surface area contributed by atoms with E-state index in [-0.39, 0.29) is 21.2 Å². The third kappa shape index (κ3) is 3.74. The second kappa shape index (κ2) is 6.10. The molecule has 102 valence electrons. The largest absolute Gasteiger partial charge is 0.389 e. The Kier molecular flexibility index (Phi) is 5.27. The molecule has 4 nitrogen and oxygen atoms in total. The van der Waals surface area contributed by atoms with Crippen molar-refractivity contribution in [3.8, 4) is 0 Å². The maximum atomic E-state index is 12.2. The summed E-state index contributed by atoms with van der Waals surface area (Å²) in [5.74, 6) is 0.250. The van der Waals surface area contributed by atoms with Crippen LogP contribution in [0.4, 0.5) is 0 Å². The first-order valence-corrected chi connectivity index (χ1v) is 8.40. The van der Waals surface area contributed by atoms with Gasteiger partial charge in [0.05, 0.1) is 4.88 Å². The number of thiophene rings is 1. The van der Waals surface area contributed by atoms with Gasteiger partial charge in [0.2, 0.25) is 10.0 Å². The Labute approximate surface area is 118 Å². The molecular formula is C11H18N2O2S3. The highest BCUT2D eigenvalue weighted by Crippen LogP contribution is 2.22. The lowest BCUT2D eigenvalue weighted by Gasteiger charge is -2.19. The lowest BCUT2D eigenvalue weighted by Crippen LogP contribution is -2.37. The molecule has 0 bridgehead atoms. The molecule has 1 aromatic heterocycles. The van der Waals surface area contributed by atoms with Crippen molar-refractivity contribution in [1.29, 1.82) is 0 Å². The van der Waals surface area contributed by atoms with Crippen LogP contribution in [-0.2, 0) is 10.0 Å². The van der Waals surface area contributed by atoms with Gasteiger partial charge in [0.1, 0.15) is 9.20 Å². The minimum atomic E-state index is -3.48. The molecular weight excluding hydrogens is 288 g/mol. The molecule has 3 N–H and O–H groups in total. The number of sulfonamides is 1. The van der Waals surface area contributed by atoms with Crippen LogP contribution in [0.5, 0.6) is 0 Å². The second-order valence-electron chi connectivity index (χ2n) is 4.36. The summed E-state index contributed by atoms with van der Waals surface area (Å²) in [4.78, 5) is 0.834. The van der Waals surface area contributed by atoms with Crippen molar-refractivity contribution >= 4 is 38.6 Å². The highest BCUT2D eigenvalue weighted by atomic mass is 32.2. The van der Waals surface area contributed by atoms with Crippen LogP contribution in [0.1, 0.15) is 32.1 Å². The van der Waals surface area contributed by atoms with Crippen LogP contribution in [0, 0.1) is 5.92 Å². The SMILES string of the molecule is CCC(NS(=O)(=O)c1ccc(C(N)=S)s1)C(C)C. The maximum absolute atomic E-state index is 12.2. The molecule has 0 saturated carbocycles. The molecule has 7 heteroatoms. The summed E-state index contributed by atoms with van der Waals surface area (Å²) in [7, 11) is -3.48. The summed E-state index contributed by atoms with van der Waals surface area (Å²) in [6.07, 6.45) is 0.754. The number of nitrogens with one attached hydrogen (secondary N) is 1. The Hall–Kier alpha value is -0.500. The highest BCUT2D eigenvalue weighted by Gasteiger charge is 2.22. The predicted molar refractivity (Wildman–Crippen MR) is 79.4 cm³/mol. The molecule has 0 amide bonds. The Bertz CT molecular complexity index is 520. The fourth-order valence-electron chi connectivity index (χ4n) is 1.55. The molecule has 0 aliphatic carbocycles. The van der Waals surface area contributed by atoms with Crippen molar-refractivity contribution < 1.29 is 8.42 Å². The van der Waals surface area contributed by atoms with Crippen LogP contribution in [0.2, 0.25) is 0 Å². The number of hydrogen-bond donors (Lipinski definition) is 2. The van der Waals surface area contributed by atoms with E-state index in [0.717, 1.165) is 17.8 Å². The van der Waals surface area contributed by atoms with Crippen LogP contribution in [-0.4, -0.2) is 19.4 Å². The van der Waals surface area contributed by atoms with Crippen LogP contribution < -0.4 is 10.5 Å². The van der Waals surface area contributed by atoms with Crippen molar-refractivity contribution in [3.63, 3.8) is 0 Å². The molecule has 1 aromatic rings. The number of nitrogens with two attached hydrogens (primary N) is 1. The van der Waals surface area contributed by atoms with Gasteiger partial charge in [-0.05, 0) is 24.5 Å². The van der Waals surface area contributed by atoms with Crippen molar-refractivity contribution in [2.24, 2.45) is 11.7 Å². The minimum Gasteiger partial charge on any atom is -0.389 e. The first-order chi connectivity index (χ1) is 8.27. The normalized spacial score (nSPS) is 13.8. The lowest BCUT2D eigenvalue weighted by molar-refractivity contribution is 0.438. The van der Waals surface area contributed by atoms with Gasteiger partial charge in [-0.25, -0.2) is 13.1 Å². The van der Waals surface area contributed by atoms with Crippen molar-refractivity contribution in [2.45, 2.75) is 37.4 Å². The number of thiocarbonyl (C=S) groups is 1. The summed E-state index contributed by atoms with van der Waals surface area (Å²) >= 11 is 5.92. The second-order valence-corrected chi connectivity index (χ2v) is 7.83. The van der Waals surface area contributed by atoms with Gasteiger partial charge in [-0.1, -0.05) is 33.0 Å². The maximum Gasteiger partial charge on any atom is 0.250 e. The predicted octanol–water partition coefficient (Wildman–Crippen LogP) is 2.10. The summed E-state index contributed by atoms with van der Waals surface area (Å²) < 4.78 is 27.3. The van der Waals surface area contributed by atoms with Gasteiger partial charge < -0.3 is 5.73 Å². The zero-order chi connectivity index (χ0) is 13.9. The zero-order valence-corrected chi connectivity index (χ0v) is 13.1. The summed E-state index contributed by atoms with van der Waals surface area (Å²) in [6, 6.07) is 3.11. The van der Waals surface area contributed by atoms with Crippen molar-refractivity contribution in [1.82, 2.24) is 4.72 Å². The quantitative estimate of drug-likeness (QED) is 0.790. The van der Waals surface area contributed by atoms with Gasteiger partial charge in [-0.3, -0.25) is 0 Å². The molecule has 0 aliphatic rings. The smallest absolute Gasteiger partial charge is 0.250 e. The molecule has 0 aliphatic heterocycles. The Morgan fingerprint density at radius 1 is 1.50 bits per heavy atom. The molecule has 18 heavy (non-hydrogen) atoms. The summed E-state index contributed by atoms with van der Waals surface area (Å²) in [5.41, 5.74) is 5.47. The van der Waals surface area contributed by atoms with E-state index in [1.54, 1.807) is 6.07 Å². The van der Waals surface area contributed by atoms with Gasteiger partial charge in [0, 0.05) is 6.04 Å². The van der Waals surface area contributed by atoms with E-state index in [1.165, 1.54) is 6.07 Å². The monoisotopic (exact) mass is 306 g/mol. The van der Waals surface area contributed by atoms with Gasteiger partial charge in [0.25, 0.3) is 0 Å². The van der Waals surface area contributed by atoms with Crippen LogP contribution in [0.15, 0.2) is 16.3 Å². The van der Waals surface area contributed by atoms with E-state index in [1.807, 2.05) is 20.8 Å². The van der Waals surface area contributed by atoms with E-state index in [0.29, 0.717) is 4.88 Å².